The van der Waals surface area contributed by atoms with Crippen LogP contribution in [0.3, 0.4) is 0 Å². The lowest BCUT2D eigenvalue weighted by Crippen LogP contribution is -2.19. The molecule has 1 heterocycles. The summed E-state index contributed by atoms with van der Waals surface area (Å²) in [5, 5.41) is 20.3. The number of phenolic OH excluding ortho intramolecular Hbond substituents is 1. The molecule has 0 fully saturated rings. The highest BCUT2D eigenvalue weighted by molar-refractivity contribution is 6.00. The fourth-order valence-electron chi connectivity index (χ4n) is 2.46. The fraction of sp³-hybridized carbons (Fsp3) is 0.150. The minimum absolute atomic E-state index is 0.183. The summed E-state index contributed by atoms with van der Waals surface area (Å²) >= 11 is 0. The zero-order chi connectivity index (χ0) is 18.5. The molecule has 0 spiro atoms. The third-order valence-corrected chi connectivity index (χ3v) is 4.09. The number of benzene rings is 2. The molecule has 26 heavy (non-hydrogen) atoms. The number of aromatic nitrogens is 2. The average molecular weight is 348 g/mol. The number of H-pyrrole nitrogens is 1. The quantitative estimate of drug-likeness (QED) is 0.487. The molecule has 0 aliphatic carbocycles. The van der Waals surface area contributed by atoms with Gasteiger partial charge in [-0.25, -0.2) is 5.43 Å². The number of carbonyl (C=O) groups excluding carboxylic acids is 1. The number of phenols is 1. The van der Waals surface area contributed by atoms with Gasteiger partial charge < -0.3 is 5.11 Å². The maximum atomic E-state index is 12.3. The summed E-state index contributed by atoms with van der Waals surface area (Å²) in [5.74, 6) is -0.186. The Balaban J connectivity index is 1.69. The Morgan fingerprint density at radius 2 is 1.85 bits per heavy atom. The standard InChI is InChI=1S/C20H20N4O2/c1-3-14-4-6-16(7-5-14)18-12-19(23-22-18)20(26)24-21-13(2)15-8-10-17(25)11-9-15/h4-12,25H,3H2,1-2H3,(H,22,23)(H,24,26)/b21-13+. The first kappa shape index (κ1) is 17.4. The molecule has 6 nitrogen and oxygen atoms in total. The lowest BCUT2D eigenvalue weighted by Gasteiger charge is -2.02. The van der Waals surface area contributed by atoms with Gasteiger partial charge in [-0.2, -0.15) is 10.2 Å². The molecule has 0 bridgehead atoms. The van der Waals surface area contributed by atoms with Crippen molar-refractivity contribution in [2.24, 2.45) is 5.10 Å². The summed E-state index contributed by atoms with van der Waals surface area (Å²) in [6.07, 6.45) is 0.979. The van der Waals surface area contributed by atoms with E-state index in [2.05, 4.69) is 39.8 Å². The molecule has 0 unspecified atom stereocenters. The van der Waals surface area contributed by atoms with Crippen LogP contribution in [0.4, 0.5) is 0 Å². The van der Waals surface area contributed by atoms with Crippen molar-refractivity contribution in [1.82, 2.24) is 15.6 Å². The van der Waals surface area contributed by atoms with Gasteiger partial charge in [0.1, 0.15) is 11.4 Å². The monoisotopic (exact) mass is 348 g/mol. The molecule has 0 radical (unpaired) electrons. The Labute approximate surface area is 151 Å². The summed E-state index contributed by atoms with van der Waals surface area (Å²) in [6.45, 7) is 3.88. The maximum absolute atomic E-state index is 12.3. The molecule has 2 aromatic carbocycles. The Bertz CT molecular complexity index is 925. The van der Waals surface area contributed by atoms with Gasteiger partial charge in [0.2, 0.25) is 0 Å². The van der Waals surface area contributed by atoms with Crippen LogP contribution in [-0.2, 0) is 6.42 Å². The van der Waals surface area contributed by atoms with Gasteiger partial charge in [-0.15, -0.1) is 0 Å². The number of hydrazone groups is 1. The van der Waals surface area contributed by atoms with E-state index in [1.807, 2.05) is 12.1 Å². The number of nitrogens with zero attached hydrogens (tertiary/aromatic N) is 2. The minimum Gasteiger partial charge on any atom is -0.508 e. The third-order valence-electron chi connectivity index (χ3n) is 4.09. The van der Waals surface area contributed by atoms with Crippen LogP contribution in [0, 0.1) is 0 Å². The van der Waals surface area contributed by atoms with E-state index >= 15 is 0 Å². The van der Waals surface area contributed by atoms with Crippen molar-refractivity contribution in [2.45, 2.75) is 20.3 Å². The molecule has 3 rings (SSSR count). The average Bonchev–Trinajstić information content (AvgIpc) is 3.17. The molecule has 1 aromatic heterocycles. The number of aromatic hydroxyl groups is 1. The molecule has 3 aromatic rings. The Morgan fingerprint density at radius 1 is 1.15 bits per heavy atom. The van der Waals surface area contributed by atoms with Crippen LogP contribution in [0.5, 0.6) is 5.75 Å². The first-order valence-corrected chi connectivity index (χ1v) is 8.35. The van der Waals surface area contributed by atoms with Gasteiger partial charge in [0.15, 0.2) is 0 Å². The van der Waals surface area contributed by atoms with E-state index in [1.165, 1.54) is 5.56 Å². The number of carbonyl (C=O) groups is 1. The minimum atomic E-state index is -0.368. The van der Waals surface area contributed by atoms with E-state index in [0.29, 0.717) is 17.1 Å². The molecule has 3 N–H and O–H groups in total. The number of hydrogen-bond acceptors (Lipinski definition) is 4. The number of aryl methyl sites for hydroxylation is 1. The fourth-order valence-corrected chi connectivity index (χ4v) is 2.46. The summed E-state index contributed by atoms with van der Waals surface area (Å²) in [4.78, 5) is 12.3. The summed E-state index contributed by atoms with van der Waals surface area (Å²) in [7, 11) is 0. The molecule has 132 valence electrons. The molecule has 0 aliphatic heterocycles. The predicted molar refractivity (Wildman–Crippen MR) is 101 cm³/mol. The highest BCUT2D eigenvalue weighted by atomic mass is 16.3. The molecule has 0 saturated carbocycles. The van der Waals surface area contributed by atoms with E-state index < -0.39 is 0 Å². The second-order valence-corrected chi connectivity index (χ2v) is 5.90. The lowest BCUT2D eigenvalue weighted by molar-refractivity contribution is 0.0950. The molecule has 0 aliphatic rings. The molecular weight excluding hydrogens is 328 g/mol. The second kappa shape index (κ2) is 7.65. The van der Waals surface area contributed by atoms with Crippen molar-refractivity contribution in [1.29, 1.82) is 0 Å². The first-order chi connectivity index (χ1) is 12.6. The SMILES string of the molecule is CCc1ccc(-c2cc(C(=O)N/N=C(\C)c3ccc(O)cc3)[nH]n2)cc1. The summed E-state index contributed by atoms with van der Waals surface area (Å²) in [6, 6.07) is 16.4. The van der Waals surface area contributed by atoms with Crippen LogP contribution in [0.1, 0.15) is 35.5 Å². The van der Waals surface area contributed by atoms with Crippen LogP contribution in [0.2, 0.25) is 0 Å². The smallest absolute Gasteiger partial charge is 0.289 e. The molecule has 0 atom stereocenters. The predicted octanol–water partition coefficient (Wildman–Crippen LogP) is 3.50. The van der Waals surface area contributed by atoms with Crippen LogP contribution < -0.4 is 5.43 Å². The zero-order valence-electron chi connectivity index (χ0n) is 14.7. The zero-order valence-corrected chi connectivity index (χ0v) is 14.7. The van der Waals surface area contributed by atoms with E-state index in [9.17, 15) is 9.90 Å². The van der Waals surface area contributed by atoms with Crippen molar-refractivity contribution < 1.29 is 9.90 Å². The normalized spacial score (nSPS) is 11.4. The van der Waals surface area contributed by atoms with E-state index in [4.69, 9.17) is 0 Å². The van der Waals surface area contributed by atoms with Gasteiger partial charge in [-0.05, 0) is 54.8 Å². The van der Waals surface area contributed by atoms with Gasteiger partial charge in [0.05, 0.1) is 11.4 Å². The molecular formula is C20H20N4O2. The molecule has 0 saturated heterocycles. The Morgan fingerprint density at radius 3 is 2.50 bits per heavy atom. The van der Waals surface area contributed by atoms with Gasteiger partial charge in [-0.3, -0.25) is 9.89 Å². The second-order valence-electron chi connectivity index (χ2n) is 5.90. The summed E-state index contributed by atoms with van der Waals surface area (Å²) < 4.78 is 0. The number of rotatable bonds is 5. The van der Waals surface area contributed by atoms with Crippen molar-refractivity contribution >= 4 is 11.6 Å². The first-order valence-electron chi connectivity index (χ1n) is 8.35. The van der Waals surface area contributed by atoms with E-state index in [0.717, 1.165) is 17.5 Å². The topological polar surface area (TPSA) is 90.4 Å². The number of aromatic amines is 1. The highest BCUT2D eigenvalue weighted by Gasteiger charge is 2.11. The van der Waals surface area contributed by atoms with Crippen LogP contribution >= 0.6 is 0 Å². The number of nitrogens with one attached hydrogen (secondary N) is 2. The van der Waals surface area contributed by atoms with E-state index in [-0.39, 0.29) is 11.7 Å². The van der Waals surface area contributed by atoms with Gasteiger partial charge in [0, 0.05) is 5.56 Å². The van der Waals surface area contributed by atoms with Crippen LogP contribution in [0.25, 0.3) is 11.3 Å². The van der Waals surface area contributed by atoms with Gasteiger partial charge in [0.25, 0.3) is 5.91 Å². The molecule has 1 amide bonds. The Hall–Kier alpha value is -3.41. The van der Waals surface area contributed by atoms with Crippen LogP contribution in [0.15, 0.2) is 59.7 Å². The highest BCUT2D eigenvalue weighted by Crippen LogP contribution is 2.18. The van der Waals surface area contributed by atoms with Gasteiger partial charge >= 0.3 is 0 Å². The maximum Gasteiger partial charge on any atom is 0.289 e. The van der Waals surface area contributed by atoms with Crippen LogP contribution in [-0.4, -0.2) is 26.9 Å². The lowest BCUT2D eigenvalue weighted by atomic mass is 10.1. The van der Waals surface area contributed by atoms with Crippen molar-refractivity contribution in [3.05, 3.63) is 71.4 Å². The van der Waals surface area contributed by atoms with E-state index in [1.54, 1.807) is 37.3 Å². The van der Waals surface area contributed by atoms with Crippen molar-refractivity contribution in [2.75, 3.05) is 0 Å². The third kappa shape index (κ3) is 3.97. The number of hydrogen-bond donors (Lipinski definition) is 3. The molecule has 6 heteroatoms. The largest absolute Gasteiger partial charge is 0.508 e. The van der Waals surface area contributed by atoms with Gasteiger partial charge in [-0.1, -0.05) is 31.2 Å². The number of amides is 1. The van der Waals surface area contributed by atoms with Crippen molar-refractivity contribution in [3.63, 3.8) is 0 Å². The van der Waals surface area contributed by atoms with Crippen molar-refractivity contribution in [3.8, 4) is 17.0 Å². The Kier molecular flexibility index (Phi) is 5.12. The summed E-state index contributed by atoms with van der Waals surface area (Å²) in [5.41, 5.74) is 7.19.